The molecule has 0 saturated heterocycles. The molecule has 90 valence electrons. The number of benzene rings is 1. The Balaban J connectivity index is 2.18. The van der Waals surface area contributed by atoms with Crippen molar-refractivity contribution in [1.82, 2.24) is 9.97 Å². The average Bonchev–Trinajstić information content (AvgIpc) is 2.77. The van der Waals surface area contributed by atoms with Crippen LogP contribution in [0.1, 0.15) is 12.7 Å². The molecular weight excluding hydrogens is 214 g/mol. The van der Waals surface area contributed by atoms with Gasteiger partial charge in [0.1, 0.15) is 11.6 Å². The van der Waals surface area contributed by atoms with Crippen LogP contribution in [0, 0.1) is 0 Å². The largest absolute Gasteiger partial charge is 0.497 e. The lowest BCUT2D eigenvalue weighted by Crippen LogP contribution is -2.18. The van der Waals surface area contributed by atoms with Crippen molar-refractivity contribution in [3.05, 3.63) is 36.3 Å². The van der Waals surface area contributed by atoms with Gasteiger partial charge in [-0.05, 0) is 36.8 Å². The fourth-order valence-electron chi connectivity index (χ4n) is 1.69. The van der Waals surface area contributed by atoms with Gasteiger partial charge in [-0.1, -0.05) is 0 Å². The summed E-state index contributed by atoms with van der Waals surface area (Å²) in [5.74, 6) is 1.77. The molecule has 17 heavy (non-hydrogen) atoms. The Bertz CT molecular complexity index is 474. The number of methoxy groups -OCH3 is 1. The summed E-state index contributed by atoms with van der Waals surface area (Å²) >= 11 is 0. The predicted molar refractivity (Wildman–Crippen MR) is 67.9 cm³/mol. The van der Waals surface area contributed by atoms with Crippen LogP contribution in [0.15, 0.2) is 30.5 Å². The summed E-state index contributed by atoms with van der Waals surface area (Å²) < 4.78 is 5.12. The molecule has 0 saturated carbocycles. The number of hydrogen-bond acceptors (Lipinski definition) is 3. The molecule has 1 aromatic heterocycles. The molecule has 2 aromatic rings. The monoisotopic (exact) mass is 231 g/mol. The minimum absolute atomic E-state index is 0.116. The Hall–Kier alpha value is -1.81. The minimum atomic E-state index is 0.116. The molecule has 1 atom stereocenters. The lowest BCUT2D eigenvalue weighted by Gasteiger charge is -2.02. The number of aromatic nitrogens is 2. The highest BCUT2D eigenvalue weighted by Crippen LogP contribution is 2.20. The lowest BCUT2D eigenvalue weighted by molar-refractivity contribution is 0.415. The van der Waals surface area contributed by atoms with Gasteiger partial charge in [0.25, 0.3) is 0 Å². The van der Waals surface area contributed by atoms with Crippen LogP contribution in [0.2, 0.25) is 0 Å². The van der Waals surface area contributed by atoms with Gasteiger partial charge in [-0.3, -0.25) is 0 Å². The molecule has 0 fully saturated rings. The summed E-state index contributed by atoms with van der Waals surface area (Å²) in [6.45, 7) is 1.97. The van der Waals surface area contributed by atoms with Crippen molar-refractivity contribution < 1.29 is 4.74 Å². The molecule has 0 bridgehead atoms. The van der Waals surface area contributed by atoms with Crippen LogP contribution in [-0.2, 0) is 6.42 Å². The van der Waals surface area contributed by atoms with Crippen LogP contribution in [0.4, 0.5) is 0 Å². The minimum Gasteiger partial charge on any atom is -0.497 e. The number of nitrogens with one attached hydrogen (secondary N) is 1. The Morgan fingerprint density at radius 1 is 1.35 bits per heavy atom. The van der Waals surface area contributed by atoms with Crippen LogP contribution >= 0.6 is 0 Å². The molecule has 1 unspecified atom stereocenters. The van der Waals surface area contributed by atoms with E-state index in [2.05, 4.69) is 9.97 Å². The second kappa shape index (κ2) is 5.01. The predicted octanol–water partition coefficient (Wildman–Crippen LogP) is 1.97. The second-order valence-corrected chi connectivity index (χ2v) is 4.15. The third-order valence-electron chi connectivity index (χ3n) is 2.54. The topological polar surface area (TPSA) is 63.9 Å². The van der Waals surface area contributed by atoms with Gasteiger partial charge in [-0.2, -0.15) is 0 Å². The first-order valence-corrected chi connectivity index (χ1v) is 5.63. The van der Waals surface area contributed by atoms with Crippen LogP contribution in [0.25, 0.3) is 11.3 Å². The van der Waals surface area contributed by atoms with E-state index in [0.717, 1.165) is 29.3 Å². The number of nitrogens with two attached hydrogens (primary N) is 1. The van der Waals surface area contributed by atoms with Crippen LogP contribution < -0.4 is 10.5 Å². The Kier molecular flexibility index (Phi) is 3.44. The van der Waals surface area contributed by atoms with Crippen molar-refractivity contribution in [3.8, 4) is 17.0 Å². The number of imidazole rings is 1. The Morgan fingerprint density at radius 2 is 2.06 bits per heavy atom. The Morgan fingerprint density at radius 3 is 2.65 bits per heavy atom. The van der Waals surface area contributed by atoms with Crippen molar-refractivity contribution in [2.24, 2.45) is 5.73 Å². The molecule has 0 aliphatic carbocycles. The average molecular weight is 231 g/mol. The Labute approximate surface area is 101 Å². The van der Waals surface area contributed by atoms with Crippen molar-refractivity contribution >= 4 is 0 Å². The number of nitrogens with zero attached hydrogens (tertiary/aromatic N) is 1. The van der Waals surface area contributed by atoms with Gasteiger partial charge in [0.15, 0.2) is 0 Å². The van der Waals surface area contributed by atoms with Gasteiger partial charge in [-0.15, -0.1) is 0 Å². The molecule has 0 aliphatic rings. The maximum Gasteiger partial charge on any atom is 0.118 e. The van der Waals surface area contributed by atoms with Gasteiger partial charge >= 0.3 is 0 Å². The smallest absolute Gasteiger partial charge is 0.118 e. The van der Waals surface area contributed by atoms with E-state index in [1.165, 1.54) is 0 Å². The fourth-order valence-corrected chi connectivity index (χ4v) is 1.69. The fraction of sp³-hybridized carbons (Fsp3) is 0.308. The second-order valence-electron chi connectivity index (χ2n) is 4.15. The lowest BCUT2D eigenvalue weighted by atomic mass is 10.2. The summed E-state index contributed by atoms with van der Waals surface area (Å²) in [5.41, 5.74) is 7.83. The van der Waals surface area contributed by atoms with Gasteiger partial charge < -0.3 is 15.5 Å². The summed E-state index contributed by atoms with van der Waals surface area (Å²) in [7, 11) is 1.66. The molecule has 0 aliphatic heterocycles. The van der Waals surface area contributed by atoms with Crippen molar-refractivity contribution in [2.75, 3.05) is 7.11 Å². The van der Waals surface area contributed by atoms with Gasteiger partial charge in [-0.25, -0.2) is 4.98 Å². The molecular formula is C13H17N3O. The van der Waals surface area contributed by atoms with Crippen LogP contribution in [-0.4, -0.2) is 23.1 Å². The standard InChI is InChI=1S/C13H17N3O/c1-9(14)7-13-15-8-12(16-13)10-3-5-11(17-2)6-4-10/h3-6,8-9H,7,14H2,1-2H3,(H,15,16). The normalized spacial score (nSPS) is 12.4. The van der Waals surface area contributed by atoms with E-state index in [1.54, 1.807) is 7.11 Å². The molecule has 0 amide bonds. The SMILES string of the molecule is COc1ccc(-c2cnc(CC(C)N)[nH]2)cc1. The first-order chi connectivity index (χ1) is 8.19. The molecule has 4 heteroatoms. The molecule has 1 heterocycles. The van der Waals surface area contributed by atoms with Crippen LogP contribution in [0.3, 0.4) is 0 Å². The van der Waals surface area contributed by atoms with Gasteiger partial charge in [0, 0.05) is 12.5 Å². The van der Waals surface area contributed by atoms with Crippen molar-refractivity contribution in [1.29, 1.82) is 0 Å². The van der Waals surface area contributed by atoms with E-state index in [1.807, 2.05) is 37.4 Å². The van der Waals surface area contributed by atoms with E-state index in [-0.39, 0.29) is 6.04 Å². The van der Waals surface area contributed by atoms with E-state index in [9.17, 15) is 0 Å². The molecule has 3 N–H and O–H groups in total. The number of hydrogen-bond donors (Lipinski definition) is 2. The zero-order valence-corrected chi connectivity index (χ0v) is 10.1. The summed E-state index contributed by atoms with van der Waals surface area (Å²) in [5, 5.41) is 0. The highest BCUT2D eigenvalue weighted by atomic mass is 16.5. The molecule has 0 spiro atoms. The number of ether oxygens (including phenoxy) is 1. The van der Waals surface area contributed by atoms with Gasteiger partial charge in [0.2, 0.25) is 0 Å². The first kappa shape index (κ1) is 11.7. The molecule has 0 radical (unpaired) electrons. The highest BCUT2D eigenvalue weighted by Gasteiger charge is 2.05. The van der Waals surface area contributed by atoms with E-state index < -0.39 is 0 Å². The number of rotatable bonds is 4. The number of H-pyrrole nitrogens is 1. The zero-order chi connectivity index (χ0) is 12.3. The van der Waals surface area contributed by atoms with Crippen LogP contribution in [0.5, 0.6) is 5.75 Å². The van der Waals surface area contributed by atoms with Crippen molar-refractivity contribution in [2.45, 2.75) is 19.4 Å². The third-order valence-corrected chi connectivity index (χ3v) is 2.54. The maximum absolute atomic E-state index is 5.73. The maximum atomic E-state index is 5.73. The zero-order valence-electron chi connectivity index (χ0n) is 10.1. The quantitative estimate of drug-likeness (QED) is 0.845. The highest BCUT2D eigenvalue weighted by molar-refractivity contribution is 5.59. The van der Waals surface area contributed by atoms with E-state index >= 15 is 0 Å². The molecule has 4 nitrogen and oxygen atoms in total. The molecule has 2 rings (SSSR count). The third kappa shape index (κ3) is 2.85. The van der Waals surface area contributed by atoms with Gasteiger partial charge in [0.05, 0.1) is 19.0 Å². The summed E-state index contributed by atoms with van der Waals surface area (Å²) in [6.07, 6.45) is 2.59. The van der Waals surface area contributed by atoms with Crippen molar-refractivity contribution in [3.63, 3.8) is 0 Å². The summed E-state index contributed by atoms with van der Waals surface area (Å²) in [6, 6.07) is 7.98. The molecule has 1 aromatic carbocycles. The van der Waals surface area contributed by atoms with E-state index in [4.69, 9.17) is 10.5 Å². The number of aromatic amines is 1. The van der Waals surface area contributed by atoms with E-state index in [0.29, 0.717) is 0 Å². The summed E-state index contributed by atoms with van der Waals surface area (Å²) in [4.78, 5) is 7.57. The first-order valence-electron chi connectivity index (χ1n) is 5.63.